The summed E-state index contributed by atoms with van der Waals surface area (Å²) < 4.78 is 0. The zero-order chi connectivity index (χ0) is 12.0. The number of rotatable bonds is 5. The number of nitrogens with zero attached hydrogens (tertiary/aromatic N) is 1. The molecule has 1 atom stereocenters. The molecule has 0 spiro atoms. The Labute approximate surface area is 108 Å². The number of hydrogen-bond donors (Lipinski definition) is 3. The maximum absolute atomic E-state index is 11.2. The molecule has 3 amide bonds. The van der Waals surface area contributed by atoms with Gasteiger partial charge in [0.15, 0.2) is 0 Å². The number of nitrogens with two attached hydrogens (primary N) is 1. The van der Waals surface area contributed by atoms with Crippen molar-refractivity contribution in [1.82, 2.24) is 15.5 Å². The summed E-state index contributed by atoms with van der Waals surface area (Å²) in [7, 11) is 1.93. The van der Waals surface area contributed by atoms with Gasteiger partial charge in [-0.1, -0.05) is 0 Å². The van der Waals surface area contributed by atoms with Crippen molar-refractivity contribution < 1.29 is 9.59 Å². The van der Waals surface area contributed by atoms with Gasteiger partial charge in [-0.2, -0.15) is 0 Å². The number of amides is 3. The normalized spacial score (nSPS) is 19.7. The van der Waals surface area contributed by atoms with Gasteiger partial charge in [-0.05, 0) is 26.4 Å². The number of carbonyl (C=O) groups excluding carboxylic acids is 2. The van der Waals surface area contributed by atoms with Crippen molar-refractivity contribution in [2.75, 3.05) is 26.7 Å². The van der Waals surface area contributed by atoms with E-state index in [0.29, 0.717) is 19.0 Å². The second-order valence-corrected chi connectivity index (χ2v) is 4.05. The highest BCUT2D eigenvalue weighted by molar-refractivity contribution is 5.93. The summed E-state index contributed by atoms with van der Waals surface area (Å²) in [6.45, 7) is 2.65. The van der Waals surface area contributed by atoms with Gasteiger partial charge >= 0.3 is 6.03 Å². The molecule has 0 aromatic rings. The Balaban J connectivity index is 0.00000256. The van der Waals surface area contributed by atoms with Gasteiger partial charge in [0, 0.05) is 25.6 Å². The van der Waals surface area contributed by atoms with E-state index < -0.39 is 6.03 Å². The van der Waals surface area contributed by atoms with E-state index in [2.05, 4.69) is 15.5 Å². The highest BCUT2D eigenvalue weighted by atomic mass is 35.5. The fourth-order valence-corrected chi connectivity index (χ4v) is 2.10. The van der Waals surface area contributed by atoms with E-state index in [4.69, 9.17) is 5.73 Å². The molecular weight excluding hydrogens is 244 g/mol. The molecule has 0 saturated carbocycles. The van der Waals surface area contributed by atoms with Gasteiger partial charge in [0.1, 0.15) is 0 Å². The van der Waals surface area contributed by atoms with Crippen LogP contribution >= 0.6 is 12.4 Å². The molecule has 0 aliphatic carbocycles. The van der Waals surface area contributed by atoms with Crippen LogP contribution in [0.15, 0.2) is 0 Å². The lowest BCUT2D eigenvalue weighted by Gasteiger charge is -2.23. The molecule has 1 heterocycles. The maximum Gasteiger partial charge on any atom is 0.318 e. The average molecular weight is 265 g/mol. The van der Waals surface area contributed by atoms with Gasteiger partial charge in [-0.3, -0.25) is 15.0 Å². The van der Waals surface area contributed by atoms with Crippen LogP contribution in [0.4, 0.5) is 4.79 Å². The minimum atomic E-state index is -0.779. The summed E-state index contributed by atoms with van der Waals surface area (Å²) in [6.07, 6.45) is 2.66. The quantitative estimate of drug-likeness (QED) is 0.635. The molecule has 17 heavy (non-hydrogen) atoms. The van der Waals surface area contributed by atoms with Gasteiger partial charge < -0.3 is 11.1 Å². The minimum Gasteiger partial charge on any atom is -0.351 e. The van der Waals surface area contributed by atoms with Crippen LogP contribution in [-0.4, -0.2) is 49.6 Å². The predicted molar refractivity (Wildman–Crippen MR) is 68.1 cm³/mol. The summed E-state index contributed by atoms with van der Waals surface area (Å²) in [5.74, 6) is -0.303. The van der Waals surface area contributed by atoms with Gasteiger partial charge in [-0.25, -0.2) is 4.79 Å². The number of primary amides is 1. The molecule has 100 valence electrons. The lowest BCUT2D eigenvalue weighted by atomic mass is 10.2. The van der Waals surface area contributed by atoms with Crippen molar-refractivity contribution in [3.8, 4) is 0 Å². The highest BCUT2D eigenvalue weighted by Crippen LogP contribution is 2.16. The zero-order valence-electron chi connectivity index (χ0n) is 10.1. The second-order valence-electron chi connectivity index (χ2n) is 4.05. The van der Waals surface area contributed by atoms with Crippen LogP contribution in [0.5, 0.6) is 0 Å². The first-order valence-corrected chi connectivity index (χ1v) is 5.61. The van der Waals surface area contributed by atoms with Crippen LogP contribution in [-0.2, 0) is 4.79 Å². The number of carbonyl (C=O) groups is 2. The van der Waals surface area contributed by atoms with E-state index in [0.717, 1.165) is 19.5 Å². The molecule has 4 N–H and O–H groups in total. The van der Waals surface area contributed by atoms with Crippen LogP contribution in [0.1, 0.15) is 19.3 Å². The van der Waals surface area contributed by atoms with E-state index in [1.54, 1.807) is 0 Å². The molecule has 0 radical (unpaired) electrons. The van der Waals surface area contributed by atoms with Crippen molar-refractivity contribution in [2.24, 2.45) is 5.73 Å². The molecule has 0 bridgehead atoms. The molecule has 1 saturated heterocycles. The SMILES string of the molecule is CNCC1CCCN1CCC(=O)NC(N)=O.Cl. The molecule has 1 aliphatic heterocycles. The number of hydrogen-bond acceptors (Lipinski definition) is 4. The van der Waals surface area contributed by atoms with Crippen molar-refractivity contribution in [2.45, 2.75) is 25.3 Å². The molecule has 1 rings (SSSR count). The molecular formula is C10H21ClN4O2. The van der Waals surface area contributed by atoms with Gasteiger partial charge in [0.05, 0.1) is 0 Å². The number of urea groups is 1. The molecule has 1 fully saturated rings. The Morgan fingerprint density at radius 3 is 2.76 bits per heavy atom. The van der Waals surface area contributed by atoms with Crippen molar-refractivity contribution in [3.63, 3.8) is 0 Å². The van der Waals surface area contributed by atoms with Gasteiger partial charge in [0.25, 0.3) is 0 Å². The van der Waals surface area contributed by atoms with Crippen molar-refractivity contribution in [1.29, 1.82) is 0 Å². The molecule has 1 unspecified atom stereocenters. The van der Waals surface area contributed by atoms with Crippen LogP contribution in [0.25, 0.3) is 0 Å². The summed E-state index contributed by atoms with van der Waals surface area (Å²) in [6, 6.07) is -0.274. The highest BCUT2D eigenvalue weighted by Gasteiger charge is 2.23. The smallest absolute Gasteiger partial charge is 0.318 e. The summed E-state index contributed by atoms with van der Waals surface area (Å²) >= 11 is 0. The lowest BCUT2D eigenvalue weighted by Crippen LogP contribution is -2.40. The van der Waals surface area contributed by atoms with E-state index >= 15 is 0 Å². The summed E-state index contributed by atoms with van der Waals surface area (Å²) in [4.78, 5) is 23.9. The monoisotopic (exact) mass is 264 g/mol. The van der Waals surface area contributed by atoms with E-state index in [-0.39, 0.29) is 18.3 Å². The predicted octanol–water partition coefficient (Wildman–Crippen LogP) is -0.323. The first kappa shape index (κ1) is 16.1. The molecule has 0 aromatic carbocycles. The largest absolute Gasteiger partial charge is 0.351 e. The maximum atomic E-state index is 11.2. The molecule has 0 aromatic heterocycles. The van der Waals surface area contributed by atoms with Gasteiger partial charge in [-0.15, -0.1) is 12.4 Å². The lowest BCUT2D eigenvalue weighted by molar-refractivity contribution is -0.120. The third-order valence-electron chi connectivity index (χ3n) is 2.83. The van der Waals surface area contributed by atoms with E-state index in [1.165, 1.54) is 6.42 Å². The topological polar surface area (TPSA) is 87.5 Å². The van der Waals surface area contributed by atoms with E-state index in [9.17, 15) is 9.59 Å². The minimum absolute atomic E-state index is 0. The number of halogens is 1. The zero-order valence-corrected chi connectivity index (χ0v) is 10.9. The Kier molecular flexibility index (Phi) is 7.86. The first-order valence-electron chi connectivity index (χ1n) is 5.61. The first-order chi connectivity index (χ1) is 7.63. The molecule has 1 aliphatic rings. The summed E-state index contributed by atoms with van der Waals surface area (Å²) in [5.41, 5.74) is 4.86. The number of likely N-dealkylation sites (N-methyl/N-ethyl adjacent to an activating group) is 1. The Hall–Kier alpha value is -0.850. The second kappa shape index (κ2) is 8.27. The Bertz CT molecular complexity index is 263. The van der Waals surface area contributed by atoms with Crippen LogP contribution in [0, 0.1) is 0 Å². The fraction of sp³-hybridized carbons (Fsp3) is 0.800. The van der Waals surface area contributed by atoms with E-state index in [1.807, 2.05) is 7.05 Å². The van der Waals surface area contributed by atoms with Crippen molar-refractivity contribution >= 4 is 24.3 Å². The fourth-order valence-electron chi connectivity index (χ4n) is 2.10. The average Bonchev–Trinajstić information content (AvgIpc) is 2.62. The molecule has 6 nitrogen and oxygen atoms in total. The standard InChI is InChI=1S/C10H20N4O2.ClH/c1-12-7-8-3-2-5-14(8)6-4-9(15)13-10(11)16;/h8,12H,2-7H2,1H3,(H3,11,13,15,16);1H. The van der Waals surface area contributed by atoms with Crippen LogP contribution in [0.2, 0.25) is 0 Å². The number of nitrogens with one attached hydrogen (secondary N) is 2. The third-order valence-corrected chi connectivity index (χ3v) is 2.83. The Morgan fingerprint density at radius 1 is 1.47 bits per heavy atom. The number of likely N-dealkylation sites (tertiary alicyclic amines) is 1. The number of imide groups is 1. The van der Waals surface area contributed by atoms with Gasteiger partial charge in [0.2, 0.25) is 5.91 Å². The molecule has 7 heteroatoms. The Morgan fingerprint density at radius 2 is 2.18 bits per heavy atom. The third kappa shape index (κ3) is 5.86. The van der Waals surface area contributed by atoms with Crippen LogP contribution in [0.3, 0.4) is 0 Å². The van der Waals surface area contributed by atoms with Crippen molar-refractivity contribution in [3.05, 3.63) is 0 Å². The van der Waals surface area contributed by atoms with Crippen LogP contribution < -0.4 is 16.4 Å². The summed E-state index contributed by atoms with van der Waals surface area (Å²) in [5, 5.41) is 5.21.